The maximum atomic E-state index is 11.8. The van der Waals surface area contributed by atoms with Crippen LogP contribution in [0.15, 0.2) is 18.3 Å². The van der Waals surface area contributed by atoms with Crippen molar-refractivity contribution in [2.24, 2.45) is 0 Å². The third-order valence-corrected chi connectivity index (χ3v) is 2.16. The molecule has 0 bridgehead atoms. The van der Waals surface area contributed by atoms with Gasteiger partial charge in [-0.25, -0.2) is 0 Å². The number of rotatable bonds is 3. The van der Waals surface area contributed by atoms with Gasteiger partial charge in [0, 0.05) is 13.1 Å². The lowest BCUT2D eigenvalue weighted by Gasteiger charge is -2.17. The largest absolute Gasteiger partial charge is 0.361 e. The van der Waals surface area contributed by atoms with Gasteiger partial charge < -0.3 is 9.74 Å². The highest BCUT2D eigenvalue weighted by Crippen LogP contribution is 2.09. The fourth-order valence-electron chi connectivity index (χ4n) is 1.27. The van der Waals surface area contributed by atoms with E-state index >= 15 is 0 Å². The lowest BCUT2D eigenvalue weighted by molar-refractivity contribution is 0.0772. The van der Waals surface area contributed by atoms with Crippen LogP contribution in [-0.4, -0.2) is 28.9 Å². The second-order valence-corrected chi connectivity index (χ2v) is 2.99. The molecule has 0 aliphatic carbocycles. The van der Waals surface area contributed by atoms with Crippen molar-refractivity contribution in [1.82, 2.24) is 9.88 Å². The zero-order valence-electron chi connectivity index (χ0n) is 8.90. The third kappa shape index (κ3) is 2.53. The molecule has 0 saturated heterocycles. The molecule has 0 spiro atoms. The highest BCUT2D eigenvalue weighted by atomic mass is 16.2. The Labute approximate surface area is 89.4 Å². The van der Waals surface area contributed by atoms with Gasteiger partial charge in [-0.1, -0.05) is 12.6 Å². The first-order chi connectivity index (χ1) is 7.22. The molecule has 1 amide bonds. The molecule has 4 heteroatoms. The molecular formula is C11H13N3O. The summed E-state index contributed by atoms with van der Waals surface area (Å²) in [5.74, 6) is 0.273. The molecule has 1 heterocycles. The van der Waals surface area contributed by atoms with Crippen molar-refractivity contribution < 1.29 is 4.79 Å². The van der Waals surface area contributed by atoms with Gasteiger partial charge in [0.2, 0.25) is 0 Å². The molecule has 0 aliphatic heterocycles. The van der Waals surface area contributed by atoms with Crippen LogP contribution in [0.2, 0.25) is 0 Å². The molecule has 15 heavy (non-hydrogen) atoms. The van der Waals surface area contributed by atoms with E-state index in [4.69, 9.17) is 6.57 Å². The molecule has 0 aliphatic rings. The molecule has 0 N–H and O–H groups in total. The lowest BCUT2D eigenvalue weighted by Crippen LogP contribution is -2.30. The average Bonchev–Trinajstić information content (AvgIpc) is 2.30. The molecule has 1 aromatic heterocycles. The number of hydrogen-bond donors (Lipinski definition) is 0. The van der Waals surface area contributed by atoms with Crippen LogP contribution >= 0.6 is 0 Å². The summed E-state index contributed by atoms with van der Waals surface area (Å²) in [6.07, 6.45) is 1.45. The Morgan fingerprint density at radius 2 is 2.13 bits per heavy atom. The van der Waals surface area contributed by atoms with Crippen LogP contribution in [-0.2, 0) is 0 Å². The monoisotopic (exact) mass is 203 g/mol. The van der Waals surface area contributed by atoms with E-state index in [0.717, 1.165) is 0 Å². The van der Waals surface area contributed by atoms with Crippen molar-refractivity contribution in [3.8, 4) is 0 Å². The van der Waals surface area contributed by atoms with E-state index in [1.54, 1.807) is 17.0 Å². The summed E-state index contributed by atoms with van der Waals surface area (Å²) in [5, 5.41) is 0. The number of nitrogens with zero attached hydrogens (tertiary/aromatic N) is 3. The zero-order valence-corrected chi connectivity index (χ0v) is 8.90. The predicted molar refractivity (Wildman–Crippen MR) is 57.8 cm³/mol. The molecule has 0 radical (unpaired) electrons. The minimum Gasteiger partial charge on any atom is -0.361 e. The van der Waals surface area contributed by atoms with Gasteiger partial charge in [-0.15, -0.1) is 4.98 Å². The maximum absolute atomic E-state index is 11.8. The summed E-state index contributed by atoms with van der Waals surface area (Å²) in [7, 11) is 0. The Balaban J connectivity index is 2.88. The highest BCUT2D eigenvalue weighted by molar-refractivity contribution is 5.94. The van der Waals surface area contributed by atoms with Crippen molar-refractivity contribution in [3.63, 3.8) is 0 Å². The molecule has 1 aromatic rings. The molecule has 4 nitrogen and oxygen atoms in total. The van der Waals surface area contributed by atoms with Crippen LogP contribution in [0.5, 0.6) is 0 Å². The first kappa shape index (κ1) is 11.2. The van der Waals surface area contributed by atoms with E-state index in [0.29, 0.717) is 24.5 Å². The van der Waals surface area contributed by atoms with Gasteiger partial charge in [0.15, 0.2) is 0 Å². The topological polar surface area (TPSA) is 37.6 Å². The van der Waals surface area contributed by atoms with Gasteiger partial charge in [0.1, 0.15) is 6.20 Å². The Bertz CT molecular complexity index is 374. The van der Waals surface area contributed by atoms with Gasteiger partial charge >= 0.3 is 0 Å². The van der Waals surface area contributed by atoms with Gasteiger partial charge in [-0.3, -0.25) is 4.79 Å². The van der Waals surface area contributed by atoms with Crippen molar-refractivity contribution in [2.45, 2.75) is 13.8 Å². The average molecular weight is 203 g/mol. The zero-order chi connectivity index (χ0) is 11.3. The van der Waals surface area contributed by atoms with Crippen LogP contribution in [0.25, 0.3) is 4.85 Å². The standard InChI is InChI=1S/C11H13N3O/c1-4-14(5-2)11(15)9-6-7-10(12-3)13-8-9/h6-8H,4-5H2,1-2H3. The van der Waals surface area contributed by atoms with Crippen molar-refractivity contribution in [3.05, 3.63) is 35.3 Å². The fraction of sp³-hybridized carbons (Fsp3) is 0.364. The quantitative estimate of drug-likeness (QED) is 0.705. The molecular weight excluding hydrogens is 190 g/mol. The number of amides is 1. The smallest absolute Gasteiger partial charge is 0.269 e. The number of aromatic nitrogens is 1. The molecule has 0 saturated carbocycles. The first-order valence-corrected chi connectivity index (χ1v) is 4.85. The minimum atomic E-state index is -0.0379. The van der Waals surface area contributed by atoms with Gasteiger partial charge in [-0.2, -0.15) is 0 Å². The first-order valence-electron chi connectivity index (χ1n) is 4.85. The van der Waals surface area contributed by atoms with E-state index in [1.165, 1.54) is 6.20 Å². The molecule has 0 unspecified atom stereocenters. The second kappa shape index (κ2) is 5.11. The van der Waals surface area contributed by atoms with Crippen molar-refractivity contribution >= 4 is 11.7 Å². The van der Waals surface area contributed by atoms with Gasteiger partial charge in [-0.05, 0) is 19.9 Å². The summed E-state index contributed by atoms with van der Waals surface area (Å²) in [5.41, 5.74) is 0.533. The van der Waals surface area contributed by atoms with Crippen LogP contribution < -0.4 is 0 Å². The van der Waals surface area contributed by atoms with Gasteiger partial charge in [0.25, 0.3) is 11.7 Å². The summed E-state index contributed by atoms with van der Waals surface area (Å²) in [6.45, 7) is 12.0. The van der Waals surface area contributed by atoms with Gasteiger partial charge in [0.05, 0.1) is 5.56 Å². The van der Waals surface area contributed by atoms with E-state index in [2.05, 4.69) is 9.83 Å². The van der Waals surface area contributed by atoms with Crippen molar-refractivity contribution in [1.29, 1.82) is 0 Å². The van der Waals surface area contributed by atoms with Crippen LogP contribution in [0.1, 0.15) is 24.2 Å². The summed E-state index contributed by atoms with van der Waals surface area (Å²) >= 11 is 0. The van der Waals surface area contributed by atoms with Crippen LogP contribution in [0.3, 0.4) is 0 Å². The minimum absolute atomic E-state index is 0.0379. The number of pyridine rings is 1. The second-order valence-electron chi connectivity index (χ2n) is 2.99. The number of hydrogen-bond acceptors (Lipinski definition) is 2. The molecule has 0 aromatic carbocycles. The Morgan fingerprint density at radius 1 is 1.47 bits per heavy atom. The van der Waals surface area contributed by atoms with Crippen molar-refractivity contribution in [2.75, 3.05) is 13.1 Å². The predicted octanol–water partition coefficient (Wildman–Crippen LogP) is 2.11. The van der Waals surface area contributed by atoms with Crippen LogP contribution in [0.4, 0.5) is 5.82 Å². The highest BCUT2D eigenvalue weighted by Gasteiger charge is 2.13. The third-order valence-electron chi connectivity index (χ3n) is 2.16. The Morgan fingerprint density at radius 3 is 2.53 bits per heavy atom. The lowest BCUT2D eigenvalue weighted by atomic mass is 10.2. The normalized spacial score (nSPS) is 9.40. The summed E-state index contributed by atoms with van der Waals surface area (Å²) < 4.78 is 0. The molecule has 1 rings (SSSR count). The maximum Gasteiger partial charge on any atom is 0.269 e. The van der Waals surface area contributed by atoms with E-state index in [9.17, 15) is 4.79 Å². The Kier molecular flexibility index (Phi) is 3.81. The van der Waals surface area contributed by atoms with Crippen LogP contribution in [0, 0.1) is 6.57 Å². The molecule has 78 valence electrons. The summed E-state index contributed by atoms with van der Waals surface area (Å²) in [6, 6.07) is 3.20. The number of carbonyl (C=O) groups excluding carboxylic acids is 1. The molecule has 0 fully saturated rings. The van der Waals surface area contributed by atoms with E-state index < -0.39 is 0 Å². The summed E-state index contributed by atoms with van der Waals surface area (Å²) in [4.78, 5) is 20.6. The van der Waals surface area contributed by atoms with E-state index in [1.807, 2.05) is 13.8 Å². The fourth-order valence-corrected chi connectivity index (χ4v) is 1.27. The van der Waals surface area contributed by atoms with E-state index in [-0.39, 0.29) is 5.91 Å². The SMILES string of the molecule is [C-]#[N+]c1ccc(C(=O)N(CC)CC)cn1. The number of carbonyl (C=O) groups is 1. The molecule has 0 atom stereocenters. The Hall–Kier alpha value is -1.89.